The summed E-state index contributed by atoms with van der Waals surface area (Å²) in [5.41, 5.74) is 1.53. The van der Waals surface area contributed by atoms with Gasteiger partial charge in [0.2, 0.25) is 5.91 Å². The molecule has 1 aromatic heterocycles. The van der Waals surface area contributed by atoms with Crippen LogP contribution in [-0.2, 0) is 11.4 Å². The van der Waals surface area contributed by atoms with Crippen LogP contribution in [0, 0.1) is 0 Å². The van der Waals surface area contributed by atoms with E-state index < -0.39 is 0 Å². The minimum absolute atomic E-state index is 0.161. The predicted molar refractivity (Wildman–Crippen MR) is 74.3 cm³/mol. The molecule has 0 bridgehead atoms. The van der Waals surface area contributed by atoms with Crippen molar-refractivity contribution in [3.63, 3.8) is 0 Å². The van der Waals surface area contributed by atoms with Gasteiger partial charge in [-0.1, -0.05) is 36.4 Å². The lowest BCUT2D eigenvalue weighted by atomic mass is 10.2. The molecule has 2 aromatic rings. The summed E-state index contributed by atoms with van der Waals surface area (Å²) in [5, 5.41) is 11.8. The summed E-state index contributed by atoms with van der Waals surface area (Å²) in [7, 11) is 0. The smallest absolute Gasteiger partial charge is 0.249 e. The van der Waals surface area contributed by atoms with Crippen LogP contribution in [0.3, 0.4) is 0 Å². The van der Waals surface area contributed by atoms with Gasteiger partial charge in [-0.2, -0.15) is 0 Å². The molecule has 0 unspecified atom stereocenters. The number of benzene rings is 1. The summed E-state index contributed by atoms with van der Waals surface area (Å²) in [6.07, 6.45) is 4.72. The molecule has 0 aliphatic heterocycles. The van der Waals surface area contributed by atoms with Gasteiger partial charge in [-0.3, -0.25) is 4.79 Å². The first kappa shape index (κ1) is 13.0. The molecule has 96 valence electrons. The fourth-order valence-electron chi connectivity index (χ4n) is 1.57. The van der Waals surface area contributed by atoms with Crippen LogP contribution >= 0.6 is 0 Å². The molecule has 0 saturated carbocycles. The first-order valence-corrected chi connectivity index (χ1v) is 5.88. The minimum Gasteiger partial charge on any atom is -0.392 e. The first-order valence-electron chi connectivity index (χ1n) is 5.88. The number of hydrogen-bond donors (Lipinski definition) is 2. The normalized spacial score (nSPS) is 10.6. The van der Waals surface area contributed by atoms with Gasteiger partial charge in [0.1, 0.15) is 5.82 Å². The average molecular weight is 254 g/mol. The van der Waals surface area contributed by atoms with Crippen molar-refractivity contribution in [1.82, 2.24) is 4.98 Å². The van der Waals surface area contributed by atoms with E-state index in [2.05, 4.69) is 10.3 Å². The molecular formula is C15H14N2O2. The Balaban J connectivity index is 2.04. The molecular weight excluding hydrogens is 240 g/mol. The van der Waals surface area contributed by atoms with E-state index in [1.165, 1.54) is 6.08 Å². The molecule has 0 fully saturated rings. The fourth-order valence-corrected chi connectivity index (χ4v) is 1.57. The molecule has 2 rings (SSSR count). The van der Waals surface area contributed by atoms with Gasteiger partial charge in [0.15, 0.2) is 0 Å². The third kappa shape index (κ3) is 3.76. The van der Waals surface area contributed by atoms with Crippen molar-refractivity contribution in [1.29, 1.82) is 0 Å². The number of hydrogen-bond acceptors (Lipinski definition) is 3. The number of carbonyl (C=O) groups excluding carboxylic acids is 1. The molecule has 0 radical (unpaired) electrons. The van der Waals surface area contributed by atoms with Crippen LogP contribution in [0.1, 0.15) is 11.1 Å². The van der Waals surface area contributed by atoms with Gasteiger partial charge in [-0.25, -0.2) is 4.98 Å². The van der Waals surface area contributed by atoms with E-state index in [0.29, 0.717) is 11.4 Å². The third-order valence-corrected chi connectivity index (χ3v) is 2.53. The van der Waals surface area contributed by atoms with E-state index in [9.17, 15) is 4.79 Å². The van der Waals surface area contributed by atoms with Gasteiger partial charge >= 0.3 is 0 Å². The second-order valence-electron chi connectivity index (χ2n) is 3.90. The monoisotopic (exact) mass is 254 g/mol. The van der Waals surface area contributed by atoms with Crippen molar-refractivity contribution in [2.24, 2.45) is 0 Å². The van der Waals surface area contributed by atoms with Crippen LogP contribution in [0.25, 0.3) is 6.08 Å². The van der Waals surface area contributed by atoms with E-state index in [-0.39, 0.29) is 12.5 Å². The van der Waals surface area contributed by atoms with Crippen molar-refractivity contribution in [3.05, 3.63) is 65.9 Å². The second kappa shape index (κ2) is 6.47. The lowest BCUT2D eigenvalue weighted by Crippen LogP contribution is -2.11. The van der Waals surface area contributed by atoms with Gasteiger partial charge in [0.25, 0.3) is 0 Å². The quantitative estimate of drug-likeness (QED) is 0.822. The van der Waals surface area contributed by atoms with Crippen LogP contribution in [0.4, 0.5) is 5.82 Å². The van der Waals surface area contributed by atoms with Crippen molar-refractivity contribution in [3.8, 4) is 0 Å². The Morgan fingerprint density at radius 3 is 2.74 bits per heavy atom. The Morgan fingerprint density at radius 2 is 2.00 bits per heavy atom. The molecule has 0 saturated heterocycles. The lowest BCUT2D eigenvalue weighted by Gasteiger charge is -2.05. The summed E-state index contributed by atoms with van der Waals surface area (Å²) in [6, 6.07) is 13.0. The van der Waals surface area contributed by atoms with Gasteiger partial charge in [0, 0.05) is 17.8 Å². The molecule has 0 spiro atoms. The number of nitrogens with zero attached hydrogens (tertiary/aromatic N) is 1. The number of rotatable bonds is 4. The first-order chi connectivity index (χ1) is 9.29. The SMILES string of the molecule is O=C(/C=C/c1ccccc1)Nc1ncccc1CO. The molecule has 0 atom stereocenters. The number of carbonyl (C=O) groups is 1. The third-order valence-electron chi connectivity index (χ3n) is 2.53. The highest BCUT2D eigenvalue weighted by Crippen LogP contribution is 2.11. The summed E-state index contributed by atoms with van der Waals surface area (Å²) in [5.74, 6) is 0.102. The maximum absolute atomic E-state index is 11.7. The zero-order chi connectivity index (χ0) is 13.5. The van der Waals surface area contributed by atoms with E-state index in [4.69, 9.17) is 5.11 Å². The summed E-state index contributed by atoms with van der Waals surface area (Å²) >= 11 is 0. The van der Waals surface area contributed by atoms with Crippen molar-refractivity contribution in [2.75, 3.05) is 5.32 Å². The maximum atomic E-state index is 11.7. The Kier molecular flexibility index (Phi) is 4.42. The molecule has 4 heteroatoms. The maximum Gasteiger partial charge on any atom is 0.249 e. The van der Waals surface area contributed by atoms with Crippen LogP contribution in [-0.4, -0.2) is 16.0 Å². The zero-order valence-electron chi connectivity index (χ0n) is 10.3. The highest BCUT2D eigenvalue weighted by Gasteiger charge is 2.04. The molecule has 1 amide bonds. The number of amides is 1. The molecule has 0 aliphatic rings. The molecule has 1 heterocycles. The minimum atomic E-state index is -0.280. The van der Waals surface area contributed by atoms with Gasteiger partial charge in [-0.05, 0) is 17.7 Å². The summed E-state index contributed by atoms with van der Waals surface area (Å²) < 4.78 is 0. The number of nitrogens with one attached hydrogen (secondary N) is 1. The number of pyridine rings is 1. The molecule has 4 nitrogen and oxygen atoms in total. The van der Waals surface area contributed by atoms with Gasteiger partial charge in [0.05, 0.1) is 6.61 Å². The number of anilines is 1. The van der Waals surface area contributed by atoms with E-state index >= 15 is 0 Å². The highest BCUT2D eigenvalue weighted by atomic mass is 16.3. The topological polar surface area (TPSA) is 62.2 Å². The highest BCUT2D eigenvalue weighted by molar-refractivity contribution is 6.01. The van der Waals surface area contributed by atoms with Crippen molar-refractivity contribution in [2.45, 2.75) is 6.61 Å². The molecule has 0 aliphatic carbocycles. The molecule has 19 heavy (non-hydrogen) atoms. The largest absolute Gasteiger partial charge is 0.392 e. The van der Waals surface area contributed by atoms with Crippen molar-refractivity contribution < 1.29 is 9.90 Å². The predicted octanol–water partition coefficient (Wildman–Crippen LogP) is 2.23. The zero-order valence-corrected chi connectivity index (χ0v) is 10.3. The van der Waals surface area contributed by atoms with Crippen LogP contribution in [0.5, 0.6) is 0 Å². The van der Waals surface area contributed by atoms with Crippen LogP contribution < -0.4 is 5.32 Å². The van der Waals surface area contributed by atoms with Crippen molar-refractivity contribution >= 4 is 17.8 Å². The summed E-state index contributed by atoms with van der Waals surface area (Å²) in [6.45, 7) is -0.161. The molecule has 1 aromatic carbocycles. The number of aromatic nitrogens is 1. The van der Waals surface area contributed by atoms with Gasteiger partial charge < -0.3 is 10.4 Å². The van der Waals surface area contributed by atoms with E-state index in [1.54, 1.807) is 24.4 Å². The standard InChI is InChI=1S/C15H14N2O2/c18-11-13-7-4-10-16-15(13)17-14(19)9-8-12-5-2-1-3-6-12/h1-10,18H,11H2,(H,16,17,19)/b9-8+. The summed E-state index contributed by atoms with van der Waals surface area (Å²) in [4.78, 5) is 15.8. The average Bonchev–Trinajstić information content (AvgIpc) is 2.47. The van der Waals surface area contributed by atoms with E-state index in [1.807, 2.05) is 30.3 Å². The lowest BCUT2D eigenvalue weighted by molar-refractivity contribution is -0.111. The second-order valence-corrected chi connectivity index (χ2v) is 3.90. The molecule has 2 N–H and O–H groups in total. The van der Waals surface area contributed by atoms with Gasteiger partial charge in [-0.15, -0.1) is 0 Å². The number of aliphatic hydroxyl groups is 1. The Hall–Kier alpha value is -2.46. The Morgan fingerprint density at radius 1 is 1.21 bits per heavy atom. The van der Waals surface area contributed by atoms with Crippen LogP contribution in [0.15, 0.2) is 54.7 Å². The fraction of sp³-hybridized carbons (Fsp3) is 0.0667. The number of aliphatic hydroxyl groups excluding tert-OH is 1. The van der Waals surface area contributed by atoms with E-state index in [0.717, 1.165) is 5.56 Å². The van der Waals surface area contributed by atoms with Crippen LogP contribution in [0.2, 0.25) is 0 Å². The Labute approximate surface area is 111 Å². The Bertz CT molecular complexity index is 580.